The van der Waals surface area contributed by atoms with Gasteiger partial charge in [-0.25, -0.2) is 4.99 Å². The summed E-state index contributed by atoms with van der Waals surface area (Å²) in [6.07, 6.45) is 6.27. The zero-order chi connectivity index (χ0) is 21.4. The Bertz CT molecular complexity index is 1180. The molecule has 6 heteroatoms. The predicted octanol–water partition coefficient (Wildman–Crippen LogP) is 6.71. The van der Waals surface area contributed by atoms with Crippen LogP contribution in [0.3, 0.4) is 0 Å². The van der Waals surface area contributed by atoms with Crippen LogP contribution in [0.25, 0.3) is 10.9 Å². The van der Waals surface area contributed by atoms with E-state index in [0.717, 1.165) is 44.9 Å². The van der Waals surface area contributed by atoms with Gasteiger partial charge in [-0.3, -0.25) is 0 Å². The number of fused-ring (bicyclic) bond motifs is 2. The molecule has 2 unspecified atom stereocenters. The minimum atomic E-state index is 0.0866. The van der Waals surface area contributed by atoms with Gasteiger partial charge in [0.25, 0.3) is 0 Å². The lowest BCUT2D eigenvalue weighted by molar-refractivity contribution is 0.117. The Labute approximate surface area is 190 Å². The van der Waals surface area contributed by atoms with Crippen LogP contribution in [0.2, 0.25) is 0 Å². The molecule has 31 heavy (non-hydrogen) atoms. The van der Waals surface area contributed by atoms with Crippen LogP contribution in [0.1, 0.15) is 50.2 Å². The Balaban J connectivity index is 1.44. The number of aromatic amines is 1. The maximum Gasteiger partial charge on any atom is 0.199 e. The molecule has 0 amide bonds. The van der Waals surface area contributed by atoms with Gasteiger partial charge in [0, 0.05) is 20.9 Å². The van der Waals surface area contributed by atoms with E-state index < -0.39 is 0 Å². The summed E-state index contributed by atoms with van der Waals surface area (Å²) in [4.78, 5) is 13.7. The SMILES string of the molecule is CC1CCCC(CCO/N=C2/C(c3c(O)[nH]c4ccc(Br)cc34)=Nc3ccccc32)C1. The summed E-state index contributed by atoms with van der Waals surface area (Å²) in [6, 6.07) is 13.7. The molecule has 1 saturated carbocycles. The van der Waals surface area contributed by atoms with Crippen LogP contribution in [0.15, 0.2) is 57.1 Å². The summed E-state index contributed by atoms with van der Waals surface area (Å²) in [5.41, 5.74) is 4.56. The average Bonchev–Trinajstić information content (AvgIpc) is 3.27. The number of hydrogen-bond acceptors (Lipinski definition) is 4. The van der Waals surface area contributed by atoms with Crippen molar-refractivity contribution in [2.45, 2.75) is 39.0 Å². The molecule has 0 radical (unpaired) electrons. The minimum absolute atomic E-state index is 0.0866. The molecule has 5 rings (SSSR count). The Morgan fingerprint density at radius 1 is 1.23 bits per heavy atom. The number of nitrogens with zero attached hydrogens (tertiary/aromatic N) is 2. The predicted molar refractivity (Wildman–Crippen MR) is 129 cm³/mol. The molecule has 0 spiro atoms. The molecule has 2 heterocycles. The standard InChI is InChI=1S/C25H26BrN3O2/c1-15-5-4-6-16(13-15)11-12-31-29-23-18-7-2-3-8-20(18)27-24(23)22-19-14-17(26)9-10-21(19)28-25(22)30/h2-3,7-10,14-16,28,30H,4-6,11-13H2,1H3/b29-23+. The third-order valence-electron chi connectivity index (χ3n) is 6.41. The first-order chi connectivity index (χ1) is 15.1. The van der Waals surface area contributed by atoms with E-state index in [1.807, 2.05) is 42.5 Å². The Kier molecular flexibility index (Phi) is 5.57. The second-order valence-corrected chi connectivity index (χ2v) is 9.63. The number of para-hydroxylation sites is 1. The summed E-state index contributed by atoms with van der Waals surface area (Å²) >= 11 is 3.53. The molecule has 1 aromatic heterocycles. The summed E-state index contributed by atoms with van der Waals surface area (Å²) in [6.45, 7) is 2.94. The van der Waals surface area contributed by atoms with Crippen molar-refractivity contribution in [3.05, 3.63) is 58.1 Å². The lowest BCUT2D eigenvalue weighted by atomic mass is 9.81. The lowest BCUT2D eigenvalue weighted by Gasteiger charge is -2.26. The van der Waals surface area contributed by atoms with E-state index in [9.17, 15) is 5.11 Å². The zero-order valence-corrected chi connectivity index (χ0v) is 19.2. The number of nitrogens with one attached hydrogen (secondary N) is 1. The van der Waals surface area contributed by atoms with Gasteiger partial charge in [0.05, 0.1) is 11.3 Å². The highest BCUT2D eigenvalue weighted by molar-refractivity contribution is 9.10. The number of aromatic nitrogens is 1. The topological polar surface area (TPSA) is 70.0 Å². The maximum absolute atomic E-state index is 10.7. The number of H-pyrrole nitrogens is 1. The summed E-state index contributed by atoms with van der Waals surface area (Å²) < 4.78 is 0.938. The first-order valence-electron chi connectivity index (χ1n) is 11.0. The fourth-order valence-electron chi connectivity index (χ4n) is 4.88. The Morgan fingerprint density at radius 2 is 2.10 bits per heavy atom. The molecule has 1 fully saturated rings. The van der Waals surface area contributed by atoms with Gasteiger partial charge >= 0.3 is 0 Å². The van der Waals surface area contributed by atoms with Crippen LogP contribution in [0.4, 0.5) is 5.69 Å². The number of hydrogen-bond donors (Lipinski definition) is 2. The maximum atomic E-state index is 10.7. The largest absolute Gasteiger partial charge is 0.494 e. The van der Waals surface area contributed by atoms with Crippen molar-refractivity contribution in [2.24, 2.45) is 22.0 Å². The highest BCUT2D eigenvalue weighted by atomic mass is 79.9. The van der Waals surface area contributed by atoms with Gasteiger partial charge in [-0.15, -0.1) is 0 Å². The Morgan fingerprint density at radius 3 is 2.97 bits per heavy atom. The lowest BCUT2D eigenvalue weighted by Crippen LogP contribution is -2.16. The average molecular weight is 480 g/mol. The smallest absolute Gasteiger partial charge is 0.199 e. The highest BCUT2D eigenvalue weighted by Crippen LogP contribution is 2.36. The molecule has 1 aliphatic heterocycles. The summed E-state index contributed by atoms with van der Waals surface area (Å²) in [5, 5.41) is 16.1. The number of halogens is 1. The molecule has 0 bridgehead atoms. The van der Waals surface area contributed by atoms with Crippen LogP contribution in [-0.4, -0.2) is 28.1 Å². The van der Waals surface area contributed by atoms with Crippen molar-refractivity contribution in [1.82, 2.24) is 4.98 Å². The van der Waals surface area contributed by atoms with Gasteiger partial charge in [-0.2, -0.15) is 0 Å². The van der Waals surface area contributed by atoms with Crippen molar-refractivity contribution in [2.75, 3.05) is 6.61 Å². The molecule has 160 valence electrons. The number of oxime groups is 1. The van der Waals surface area contributed by atoms with Gasteiger partial charge < -0.3 is 14.9 Å². The van der Waals surface area contributed by atoms with E-state index in [2.05, 4.69) is 33.0 Å². The Hall–Kier alpha value is -2.60. The van der Waals surface area contributed by atoms with Crippen LogP contribution >= 0.6 is 15.9 Å². The number of benzene rings is 2. The molecule has 5 nitrogen and oxygen atoms in total. The van der Waals surface area contributed by atoms with E-state index in [4.69, 9.17) is 9.83 Å². The van der Waals surface area contributed by atoms with Crippen LogP contribution in [0.5, 0.6) is 5.88 Å². The molecule has 2 N–H and O–H groups in total. The van der Waals surface area contributed by atoms with Gasteiger partial charge in [-0.05, 0) is 48.9 Å². The molecule has 0 saturated heterocycles. The fraction of sp³-hybridized carbons (Fsp3) is 0.360. The molecule has 2 atom stereocenters. The summed E-state index contributed by atoms with van der Waals surface area (Å²) in [7, 11) is 0. The first-order valence-corrected chi connectivity index (χ1v) is 11.8. The highest BCUT2D eigenvalue weighted by Gasteiger charge is 2.29. The monoisotopic (exact) mass is 479 g/mol. The second kappa shape index (κ2) is 8.50. The van der Waals surface area contributed by atoms with Crippen LogP contribution < -0.4 is 0 Å². The molecule has 2 aromatic carbocycles. The number of rotatable bonds is 5. The zero-order valence-electron chi connectivity index (χ0n) is 17.6. The second-order valence-electron chi connectivity index (χ2n) is 8.72. The van der Waals surface area contributed by atoms with Gasteiger partial charge in [0.2, 0.25) is 0 Å². The van der Waals surface area contributed by atoms with Crippen molar-refractivity contribution in [3.63, 3.8) is 0 Å². The third kappa shape index (κ3) is 4.01. The van der Waals surface area contributed by atoms with Crippen molar-refractivity contribution < 1.29 is 9.94 Å². The van der Waals surface area contributed by atoms with Gasteiger partial charge in [0.1, 0.15) is 18.0 Å². The van der Waals surface area contributed by atoms with E-state index in [-0.39, 0.29) is 5.88 Å². The first kappa shape index (κ1) is 20.3. The van der Waals surface area contributed by atoms with E-state index >= 15 is 0 Å². The minimum Gasteiger partial charge on any atom is -0.494 e. The molecular formula is C25H26BrN3O2. The molecule has 2 aliphatic rings. The van der Waals surface area contributed by atoms with Crippen molar-refractivity contribution in [1.29, 1.82) is 0 Å². The van der Waals surface area contributed by atoms with Gasteiger partial charge in [0.15, 0.2) is 5.88 Å². The van der Waals surface area contributed by atoms with E-state index in [1.165, 1.54) is 25.7 Å². The summed E-state index contributed by atoms with van der Waals surface area (Å²) in [5.74, 6) is 1.63. The van der Waals surface area contributed by atoms with Crippen LogP contribution in [-0.2, 0) is 4.84 Å². The fourth-order valence-corrected chi connectivity index (χ4v) is 5.24. The molecule has 1 aliphatic carbocycles. The normalized spacial score (nSPS) is 22.0. The molecule has 3 aromatic rings. The van der Waals surface area contributed by atoms with Crippen molar-refractivity contribution in [3.8, 4) is 5.88 Å². The number of aliphatic imine (C=N–C) groups is 1. The quantitative estimate of drug-likeness (QED) is 0.315. The number of aromatic hydroxyl groups is 1. The van der Waals surface area contributed by atoms with Crippen molar-refractivity contribution >= 4 is 43.9 Å². The van der Waals surface area contributed by atoms with Crippen LogP contribution in [0, 0.1) is 11.8 Å². The third-order valence-corrected chi connectivity index (χ3v) is 6.90. The van der Waals surface area contributed by atoms with E-state index in [1.54, 1.807) is 0 Å². The van der Waals surface area contributed by atoms with E-state index in [0.29, 0.717) is 23.6 Å². The van der Waals surface area contributed by atoms with Gasteiger partial charge in [-0.1, -0.05) is 65.5 Å². The molecular weight excluding hydrogens is 454 g/mol.